The van der Waals surface area contributed by atoms with Crippen molar-refractivity contribution in [1.29, 1.82) is 0 Å². The van der Waals surface area contributed by atoms with Crippen LogP contribution in [0, 0.1) is 0 Å². The molecule has 4 nitrogen and oxygen atoms in total. The van der Waals surface area contributed by atoms with Gasteiger partial charge in [0.05, 0.1) is 13.2 Å². The summed E-state index contributed by atoms with van der Waals surface area (Å²) >= 11 is 0. The number of benzene rings is 1. The predicted molar refractivity (Wildman–Crippen MR) is 62.2 cm³/mol. The maximum absolute atomic E-state index is 9.20. The second-order valence-electron chi connectivity index (χ2n) is 3.62. The Kier molecular flexibility index (Phi) is 3.31. The summed E-state index contributed by atoms with van der Waals surface area (Å²) in [7, 11) is 0. The van der Waals surface area contributed by atoms with E-state index in [2.05, 4.69) is 10.6 Å². The fraction of sp³-hybridized carbons (Fsp3) is 0.333. The summed E-state index contributed by atoms with van der Waals surface area (Å²) < 4.78 is 5.37. The van der Waals surface area contributed by atoms with Crippen LogP contribution in [0.25, 0.3) is 0 Å². The second kappa shape index (κ2) is 4.90. The molecule has 0 fully saturated rings. The Morgan fingerprint density at radius 1 is 1.38 bits per heavy atom. The molecule has 1 atom stereocenters. The summed E-state index contributed by atoms with van der Waals surface area (Å²) in [6.45, 7) is 3.13. The maximum atomic E-state index is 9.20. The molecular weight excluding hydrogens is 204 g/mol. The van der Waals surface area contributed by atoms with Crippen LogP contribution in [0.5, 0.6) is 5.75 Å². The minimum atomic E-state index is 0.0478. The molecule has 1 aromatic rings. The molecule has 2 rings (SSSR count). The highest BCUT2D eigenvalue weighted by atomic mass is 16.5. The van der Waals surface area contributed by atoms with Gasteiger partial charge in [-0.05, 0) is 24.6 Å². The molecule has 0 bridgehead atoms. The Balaban J connectivity index is 2.04. The predicted octanol–water partition coefficient (Wildman–Crippen LogP) is 1.68. The van der Waals surface area contributed by atoms with Crippen molar-refractivity contribution in [2.75, 3.05) is 13.2 Å². The highest BCUT2D eigenvalue weighted by Gasteiger charge is 2.13. The molecule has 0 amide bonds. The van der Waals surface area contributed by atoms with Gasteiger partial charge in [-0.2, -0.15) is 0 Å². The highest BCUT2D eigenvalue weighted by Crippen LogP contribution is 2.17. The van der Waals surface area contributed by atoms with E-state index < -0.39 is 0 Å². The van der Waals surface area contributed by atoms with Crippen LogP contribution < -0.4 is 15.4 Å². The van der Waals surface area contributed by atoms with Gasteiger partial charge in [0.15, 0.2) is 0 Å². The van der Waals surface area contributed by atoms with E-state index in [1.54, 1.807) is 6.20 Å². The fourth-order valence-electron chi connectivity index (χ4n) is 1.63. The summed E-state index contributed by atoms with van der Waals surface area (Å²) in [6, 6.07) is 7.90. The number of aliphatic hydroxyl groups excluding tert-OH is 1. The highest BCUT2D eigenvalue weighted by molar-refractivity contribution is 5.29. The molecule has 0 saturated carbocycles. The Morgan fingerprint density at radius 3 is 2.69 bits per heavy atom. The average Bonchev–Trinajstić information content (AvgIpc) is 2.32. The second-order valence-corrected chi connectivity index (χ2v) is 3.62. The molecule has 0 spiro atoms. The molecule has 4 heteroatoms. The average molecular weight is 220 g/mol. The van der Waals surface area contributed by atoms with Crippen LogP contribution in [0.15, 0.2) is 36.2 Å². The molecule has 3 N–H and O–H groups in total. The maximum Gasteiger partial charge on any atom is 0.122 e. The summed E-state index contributed by atoms with van der Waals surface area (Å²) in [5, 5.41) is 15.4. The van der Waals surface area contributed by atoms with Gasteiger partial charge in [-0.15, -0.1) is 0 Å². The molecule has 86 valence electrons. The third-order valence-electron chi connectivity index (χ3n) is 2.43. The van der Waals surface area contributed by atoms with Crippen molar-refractivity contribution >= 4 is 0 Å². The molecule has 1 heterocycles. The SMILES string of the molecule is CCOc1ccc(C2NC=C(O)CN2)cc1. The molecule has 1 aromatic carbocycles. The largest absolute Gasteiger partial charge is 0.509 e. The van der Waals surface area contributed by atoms with E-state index in [4.69, 9.17) is 4.74 Å². The van der Waals surface area contributed by atoms with Crippen molar-refractivity contribution in [3.05, 3.63) is 41.8 Å². The summed E-state index contributed by atoms with van der Waals surface area (Å²) in [5.41, 5.74) is 1.12. The minimum absolute atomic E-state index is 0.0478. The Bertz CT molecular complexity index is 373. The zero-order valence-corrected chi connectivity index (χ0v) is 9.23. The van der Waals surface area contributed by atoms with E-state index in [-0.39, 0.29) is 6.17 Å². The first-order valence-corrected chi connectivity index (χ1v) is 5.40. The number of nitrogens with one attached hydrogen (secondary N) is 2. The van der Waals surface area contributed by atoms with Crippen LogP contribution in [0.3, 0.4) is 0 Å². The Morgan fingerprint density at radius 2 is 2.12 bits per heavy atom. The lowest BCUT2D eigenvalue weighted by Gasteiger charge is -2.23. The van der Waals surface area contributed by atoms with Gasteiger partial charge in [0.25, 0.3) is 0 Å². The fourth-order valence-corrected chi connectivity index (χ4v) is 1.63. The van der Waals surface area contributed by atoms with Crippen molar-refractivity contribution in [1.82, 2.24) is 10.6 Å². The molecule has 16 heavy (non-hydrogen) atoms. The van der Waals surface area contributed by atoms with Crippen molar-refractivity contribution in [2.45, 2.75) is 13.1 Å². The number of ether oxygens (including phenoxy) is 1. The van der Waals surface area contributed by atoms with Crippen molar-refractivity contribution in [2.24, 2.45) is 0 Å². The van der Waals surface area contributed by atoms with E-state index in [0.717, 1.165) is 11.3 Å². The molecule has 0 radical (unpaired) electrons. The zero-order chi connectivity index (χ0) is 11.4. The van der Waals surface area contributed by atoms with Gasteiger partial charge in [-0.1, -0.05) is 12.1 Å². The summed E-state index contributed by atoms with van der Waals surface area (Å²) in [5.74, 6) is 1.20. The first-order valence-electron chi connectivity index (χ1n) is 5.40. The van der Waals surface area contributed by atoms with Crippen molar-refractivity contribution in [3.63, 3.8) is 0 Å². The van der Waals surface area contributed by atoms with E-state index in [0.29, 0.717) is 18.9 Å². The van der Waals surface area contributed by atoms with Crippen LogP contribution >= 0.6 is 0 Å². The van der Waals surface area contributed by atoms with Gasteiger partial charge in [0.2, 0.25) is 0 Å². The smallest absolute Gasteiger partial charge is 0.122 e. The third kappa shape index (κ3) is 2.46. The number of hydrogen-bond acceptors (Lipinski definition) is 4. The van der Waals surface area contributed by atoms with Gasteiger partial charge < -0.3 is 15.2 Å². The van der Waals surface area contributed by atoms with Crippen molar-refractivity contribution < 1.29 is 9.84 Å². The first-order chi connectivity index (χ1) is 7.79. The molecule has 1 aliphatic heterocycles. The van der Waals surface area contributed by atoms with Crippen LogP contribution in [-0.4, -0.2) is 18.3 Å². The quantitative estimate of drug-likeness (QED) is 0.725. The summed E-state index contributed by atoms with van der Waals surface area (Å²) in [4.78, 5) is 0. The van der Waals surface area contributed by atoms with E-state index >= 15 is 0 Å². The van der Waals surface area contributed by atoms with Gasteiger partial charge in [0.1, 0.15) is 17.7 Å². The topological polar surface area (TPSA) is 53.5 Å². The lowest BCUT2D eigenvalue weighted by atomic mass is 10.1. The number of hydrogen-bond donors (Lipinski definition) is 3. The monoisotopic (exact) mass is 220 g/mol. The van der Waals surface area contributed by atoms with Crippen LogP contribution in [0.2, 0.25) is 0 Å². The Hall–Kier alpha value is -1.68. The minimum Gasteiger partial charge on any atom is -0.509 e. The Labute approximate surface area is 94.9 Å². The van der Waals surface area contributed by atoms with Gasteiger partial charge in [-0.3, -0.25) is 5.32 Å². The van der Waals surface area contributed by atoms with E-state index in [1.165, 1.54) is 0 Å². The van der Waals surface area contributed by atoms with Crippen LogP contribution in [0.1, 0.15) is 18.7 Å². The third-order valence-corrected chi connectivity index (χ3v) is 2.43. The van der Waals surface area contributed by atoms with Crippen molar-refractivity contribution in [3.8, 4) is 5.75 Å². The lowest BCUT2D eigenvalue weighted by Crippen LogP contribution is -2.37. The zero-order valence-electron chi connectivity index (χ0n) is 9.23. The standard InChI is InChI=1S/C12H16N2O2/c1-2-16-11-5-3-9(4-6-11)12-13-7-10(15)8-14-12/h3-7,12-15H,2,8H2,1H3. The molecule has 0 saturated heterocycles. The van der Waals surface area contributed by atoms with E-state index in [9.17, 15) is 5.11 Å². The first kappa shape index (κ1) is 10.8. The molecule has 1 aliphatic rings. The van der Waals surface area contributed by atoms with Gasteiger partial charge in [-0.25, -0.2) is 0 Å². The molecule has 0 aromatic heterocycles. The lowest BCUT2D eigenvalue weighted by molar-refractivity contribution is 0.336. The number of rotatable bonds is 3. The van der Waals surface area contributed by atoms with Gasteiger partial charge >= 0.3 is 0 Å². The van der Waals surface area contributed by atoms with Gasteiger partial charge in [0, 0.05) is 6.20 Å². The molecular formula is C12H16N2O2. The molecule has 0 aliphatic carbocycles. The van der Waals surface area contributed by atoms with Crippen LogP contribution in [-0.2, 0) is 0 Å². The summed E-state index contributed by atoms with van der Waals surface area (Å²) in [6.07, 6.45) is 1.67. The molecule has 1 unspecified atom stereocenters. The van der Waals surface area contributed by atoms with Crippen LogP contribution in [0.4, 0.5) is 0 Å². The van der Waals surface area contributed by atoms with E-state index in [1.807, 2.05) is 31.2 Å². The number of aliphatic hydroxyl groups is 1. The normalized spacial score (nSPS) is 19.8.